The Bertz CT molecular complexity index is 479. The number of hydrogen-bond acceptors (Lipinski definition) is 3. The van der Waals surface area contributed by atoms with Crippen LogP contribution >= 0.6 is 38.9 Å². The van der Waals surface area contributed by atoms with Gasteiger partial charge in [0.25, 0.3) is 0 Å². The van der Waals surface area contributed by atoms with Crippen molar-refractivity contribution in [3.8, 4) is 0 Å². The van der Waals surface area contributed by atoms with Crippen LogP contribution < -0.4 is 5.73 Å². The molecule has 15 heavy (non-hydrogen) atoms. The van der Waals surface area contributed by atoms with Gasteiger partial charge in [0.15, 0.2) is 0 Å². The van der Waals surface area contributed by atoms with E-state index < -0.39 is 0 Å². The number of nitrogens with two attached hydrogens (primary N) is 1. The minimum absolute atomic E-state index is 0.105. The van der Waals surface area contributed by atoms with E-state index >= 15 is 0 Å². The third kappa shape index (κ3) is 2.04. The third-order valence-electron chi connectivity index (χ3n) is 2.15. The lowest BCUT2D eigenvalue weighted by molar-refractivity contribution is 0.581. The van der Waals surface area contributed by atoms with E-state index in [0.717, 1.165) is 4.47 Å². The van der Waals surface area contributed by atoms with Crippen LogP contribution in [0.4, 0.5) is 5.82 Å². The molecule has 0 aliphatic heterocycles. The lowest BCUT2D eigenvalue weighted by atomic mass is 10.3. The SMILES string of the molecule is CC(c1cc(Br)cs1)n1ncc(Cl)c1N. The fraction of sp³-hybridized carbons (Fsp3) is 0.222. The highest BCUT2D eigenvalue weighted by atomic mass is 79.9. The van der Waals surface area contributed by atoms with E-state index in [9.17, 15) is 0 Å². The summed E-state index contributed by atoms with van der Waals surface area (Å²) < 4.78 is 2.80. The molecular weight excluding hydrogens is 298 g/mol. The van der Waals surface area contributed by atoms with E-state index in [1.54, 1.807) is 22.2 Å². The maximum absolute atomic E-state index is 5.85. The number of nitrogens with zero attached hydrogens (tertiary/aromatic N) is 2. The summed E-state index contributed by atoms with van der Waals surface area (Å²) in [6, 6.07) is 2.17. The molecule has 0 saturated heterocycles. The number of anilines is 1. The first-order valence-corrected chi connectivity index (χ1v) is 6.37. The van der Waals surface area contributed by atoms with E-state index in [2.05, 4.69) is 27.1 Å². The van der Waals surface area contributed by atoms with Gasteiger partial charge in [0.2, 0.25) is 0 Å². The van der Waals surface area contributed by atoms with Crippen LogP contribution in [0, 0.1) is 0 Å². The highest BCUT2D eigenvalue weighted by molar-refractivity contribution is 9.10. The maximum atomic E-state index is 5.85. The van der Waals surface area contributed by atoms with Crippen molar-refractivity contribution < 1.29 is 0 Å². The molecule has 1 atom stereocenters. The van der Waals surface area contributed by atoms with E-state index in [4.69, 9.17) is 17.3 Å². The predicted octanol–water partition coefficient (Wildman–Crippen LogP) is 3.55. The van der Waals surface area contributed by atoms with Crippen LogP contribution in [0.15, 0.2) is 22.1 Å². The van der Waals surface area contributed by atoms with Gasteiger partial charge in [-0.25, -0.2) is 4.68 Å². The Balaban J connectivity index is 2.36. The number of rotatable bonds is 2. The van der Waals surface area contributed by atoms with Crippen LogP contribution in [-0.4, -0.2) is 9.78 Å². The monoisotopic (exact) mass is 305 g/mol. The number of nitrogen functional groups attached to an aromatic ring is 1. The standard InChI is InChI=1S/C9H9BrClN3S/c1-5(8-2-6(10)4-15-8)14-9(12)7(11)3-13-14/h2-5H,12H2,1H3. The summed E-state index contributed by atoms with van der Waals surface area (Å²) in [6.45, 7) is 2.04. The molecule has 0 bridgehead atoms. The normalized spacial score (nSPS) is 13.0. The van der Waals surface area contributed by atoms with E-state index in [-0.39, 0.29) is 6.04 Å². The largest absolute Gasteiger partial charge is 0.383 e. The fourth-order valence-corrected chi connectivity index (χ4v) is 2.94. The number of thiophene rings is 1. The van der Waals surface area contributed by atoms with E-state index in [1.807, 2.05) is 12.3 Å². The molecule has 80 valence electrons. The molecule has 0 amide bonds. The predicted molar refractivity (Wildman–Crippen MR) is 67.5 cm³/mol. The maximum Gasteiger partial charge on any atom is 0.141 e. The van der Waals surface area contributed by atoms with Crippen LogP contribution in [0.2, 0.25) is 5.02 Å². The number of aromatic nitrogens is 2. The van der Waals surface area contributed by atoms with Crippen molar-refractivity contribution in [3.05, 3.63) is 32.0 Å². The Labute approximate surface area is 105 Å². The molecule has 0 aromatic carbocycles. The summed E-state index contributed by atoms with van der Waals surface area (Å²) in [4.78, 5) is 1.19. The first kappa shape index (κ1) is 11.0. The molecule has 0 saturated carbocycles. The molecule has 3 nitrogen and oxygen atoms in total. The van der Waals surface area contributed by atoms with Gasteiger partial charge in [-0.3, -0.25) is 0 Å². The van der Waals surface area contributed by atoms with Crippen molar-refractivity contribution in [1.29, 1.82) is 0 Å². The first-order chi connectivity index (χ1) is 7.09. The number of halogens is 2. The van der Waals surface area contributed by atoms with E-state index in [1.165, 1.54) is 4.88 Å². The zero-order chi connectivity index (χ0) is 11.0. The van der Waals surface area contributed by atoms with Crippen molar-refractivity contribution in [2.45, 2.75) is 13.0 Å². The van der Waals surface area contributed by atoms with Crippen molar-refractivity contribution in [2.24, 2.45) is 0 Å². The van der Waals surface area contributed by atoms with Gasteiger partial charge in [-0.2, -0.15) is 5.10 Å². The van der Waals surface area contributed by atoms with Crippen LogP contribution in [-0.2, 0) is 0 Å². The summed E-state index contributed by atoms with van der Waals surface area (Å²) in [5.74, 6) is 0.508. The van der Waals surface area contributed by atoms with Crippen molar-refractivity contribution in [3.63, 3.8) is 0 Å². The highest BCUT2D eigenvalue weighted by Crippen LogP contribution is 2.30. The van der Waals surface area contributed by atoms with Gasteiger partial charge < -0.3 is 5.73 Å². The van der Waals surface area contributed by atoms with Crippen molar-refractivity contribution in [1.82, 2.24) is 9.78 Å². The molecule has 6 heteroatoms. The Morgan fingerprint density at radius 3 is 2.87 bits per heavy atom. The van der Waals surface area contributed by atoms with Gasteiger partial charge in [-0.15, -0.1) is 11.3 Å². The zero-order valence-corrected chi connectivity index (χ0v) is 11.1. The molecule has 2 aromatic rings. The average Bonchev–Trinajstić information content (AvgIpc) is 2.75. The molecule has 1 unspecified atom stereocenters. The van der Waals surface area contributed by atoms with Crippen molar-refractivity contribution >= 4 is 44.7 Å². The Morgan fingerprint density at radius 1 is 1.67 bits per heavy atom. The lowest BCUT2D eigenvalue weighted by Crippen LogP contribution is -2.10. The Morgan fingerprint density at radius 2 is 2.40 bits per heavy atom. The smallest absolute Gasteiger partial charge is 0.141 e. The molecule has 0 aliphatic carbocycles. The second-order valence-electron chi connectivity index (χ2n) is 3.17. The fourth-order valence-electron chi connectivity index (χ4n) is 1.33. The van der Waals surface area contributed by atoms with Gasteiger partial charge in [-0.1, -0.05) is 11.6 Å². The highest BCUT2D eigenvalue weighted by Gasteiger charge is 2.15. The van der Waals surface area contributed by atoms with Gasteiger partial charge >= 0.3 is 0 Å². The summed E-state index contributed by atoms with van der Waals surface area (Å²) in [7, 11) is 0. The molecular formula is C9H9BrClN3S. The van der Waals surface area contributed by atoms with Gasteiger partial charge in [0.05, 0.1) is 12.2 Å². The summed E-state index contributed by atoms with van der Waals surface area (Å²) in [6.07, 6.45) is 1.57. The van der Waals surface area contributed by atoms with E-state index in [0.29, 0.717) is 10.8 Å². The van der Waals surface area contributed by atoms with Crippen LogP contribution in [0.5, 0.6) is 0 Å². The van der Waals surface area contributed by atoms with Crippen LogP contribution in [0.25, 0.3) is 0 Å². The Kier molecular flexibility index (Phi) is 3.04. The zero-order valence-electron chi connectivity index (χ0n) is 7.95. The minimum atomic E-state index is 0.105. The quantitative estimate of drug-likeness (QED) is 0.922. The minimum Gasteiger partial charge on any atom is -0.383 e. The lowest BCUT2D eigenvalue weighted by Gasteiger charge is -2.11. The second kappa shape index (κ2) is 4.15. The Hall–Kier alpha value is -0.520. The molecule has 0 fully saturated rings. The summed E-state index contributed by atoms with van der Waals surface area (Å²) >= 11 is 10.9. The molecule has 2 N–H and O–H groups in total. The van der Waals surface area contributed by atoms with Gasteiger partial charge in [0, 0.05) is 14.7 Å². The topological polar surface area (TPSA) is 43.8 Å². The molecule has 2 rings (SSSR count). The summed E-state index contributed by atoms with van der Waals surface area (Å²) in [5, 5.41) is 6.68. The average molecular weight is 307 g/mol. The van der Waals surface area contributed by atoms with Crippen LogP contribution in [0.3, 0.4) is 0 Å². The molecule has 2 aromatic heterocycles. The second-order valence-corrected chi connectivity index (χ2v) is 5.43. The van der Waals surface area contributed by atoms with Gasteiger partial charge in [0.1, 0.15) is 10.8 Å². The molecule has 0 aliphatic rings. The summed E-state index contributed by atoms with van der Waals surface area (Å²) in [5.41, 5.74) is 5.81. The molecule has 0 radical (unpaired) electrons. The molecule has 2 heterocycles. The third-order valence-corrected chi connectivity index (χ3v) is 4.31. The number of hydrogen-bond donors (Lipinski definition) is 1. The van der Waals surface area contributed by atoms with Crippen LogP contribution in [0.1, 0.15) is 17.8 Å². The molecule has 0 spiro atoms. The van der Waals surface area contributed by atoms with Gasteiger partial charge in [-0.05, 0) is 28.9 Å². The van der Waals surface area contributed by atoms with Crippen molar-refractivity contribution in [2.75, 3.05) is 5.73 Å². The first-order valence-electron chi connectivity index (χ1n) is 4.32.